The van der Waals surface area contributed by atoms with Gasteiger partial charge in [-0.3, -0.25) is 23.7 Å². The number of anilines is 1. The number of rotatable bonds is 4. The number of morpholine rings is 1. The van der Waals surface area contributed by atoms with E-state index in [1.807, 2.05) is 0 Å². The summed E-state index contributed by atoms with van der Waals surface area (Å²) in [5.74, 6) is -2.91. The van der Waals surface area contributed by atoms with Crippen molar-refractivity contribution >= 4 is 58.1 Å². The Morgan fingerprint density at radius 3 is 2.37 bits per heavy atom. The number of halogens is 2. The van der Waals surface area contributed by atoms with Gasteiger partial charge < -0.3 is 9.64 Å². The number of thioether (sulfide) groups is 1. The van der Waals surface area contributed by atoms with Crippen LogP contribution < -0.4 is 9.77 Å². The molecule has 0 unspecified atom stereocenters. The number of imide groups is 1. The zero-order chi connectivity index (χ0) is 26.6. The van der Waals surface area contributed by atoms with Gasteiger partial charge in [0.25, 0.3) is 0 Å². The molecule has 0 N–H and O–H groups in total. The van der Waals surface area contributed by atoms with E-state index in [9.17, 15) is 23.6 Å². The molecule has 3 aliphatic rings. The zero-order valence-corrected chi connectivity index (χ0v) is 22.2. The molecule has 4 heterocycles. The fraction of sp³-hybridized carbons (Fsp3) is 0.308. The first-order valence-corrected chi connectivity index (χ1v) is 14.1. The Hall–Kier alpha value is -2.99. The summed E-state index contributed by atoms with van der Waals surface area (Å²) in [6, 6.07) is 12.2. The molecule has 0 bridgehead atoms. The number of nitrogens with zero attached hydrogens (tertiary/aromatic N) is 3. The predicted octanol–water partition coefficient (Wildman–Crippen LogP) is 3.36. The minimum atomic E-state index is -0.820. The van der Waals surface area contributed by atoms with Gasteiger partial charge in [0, 0.05) is 28.9 Å². The van der Waals surface area contributed by atoms with E-state index in [2.05, 4.69) is 0 Å². The van der Waals surface area contributed by atoms with Crippen LogP contribution >= 0.6 is 34.7 Å². The minimum Gasteiger partial charge on any atom is -0.378 e. The molecule has 196 valence electrons. The molecule has 0 radical (unpaired) electrons. The Bertz CT molecular complexity index is 1480. The molecule has 0 aliphatic carbocycles. The zero-order valence-electron chi connectivity index (χ0n) is 19.8. The van der Waals surface area contributed by atoms with Crippen LogP contribution in [0.25, 0.3) is 0 Å². The van der Waals surface area contributed by atoms with Gasteiger partial charge in [-0.25, -0.2) is 9.29 Å². The van der Waals surface area contributed by atoms with Crippen LogP contribution in [0.15, 0.2) is 58.4 Å². The first-order chi connectivity index (χ1) is 18.3. The van der Waals surface area contributed by atoms with E-state index in [1.165, 1.54) is 16.7 Å². The standard InChI is InChI=1S/C26H21ClFN3O5S2/c27-15-3-7-17(8-4-15)31-23(33)20-19(14-1-5-16(28)6-2-14)22-25(37-21(20)24(31)34)30(26(35)38-22)13-18(32)29-9-11-36-12-10-29/h1-8,19-21H,9-13H2/t19-,20-,21+/m0/s1. The van der Waals surface area contributed by atoms with Crippen molar-refractivity contribution in [2.45, 2.75) is 22.7 Å². The maximum absolute atomic E-state index is 13.8. The van der Waals surface area contributed by atoms with E-state index >= 15 is 0 Å². The van der Waals surface area contributed by atoms with Crippen molar-refractivity contribution in [1.29, 1.82) is 0 Å². The largest absolute Gasteiger partial charge is 0.378 e. The molecular formula is C26H21ClFN3O5S2. The highest BCUT2D eigenvalue weighted by molar-refractivity contribution is 8.00. The SMILES string of the molecule is O=C(Cn1c2c(sc1=O)[C@@H](c1ccc(F)cc1)[C@@H]1C(=O)N(c3ccc(Cl)cc3)C(=O)[C@@H]1S2)N1CCOCC1. The van der Waals surface area contributed by atoms with E-state index in [4.69, 9.17) is 16.3 Å². The Morgan fingerprint density at radius 1 is 1.00 bits per heavy atom. The monoisotopic (exact) mass is 573 g/mol. The van der Waals surface area contributed by atoms with Gasteiger partial charge in [0.2, 0.25) is 17.7 Å². The van der Waals surface area contributed by atoms with Gasteiger partial charge in [-0.2, -0.15) is 0 Å². The van der Waals surface area contributed by atoms with Gasteiger partial charge in [0.1, 0.15) is 17.6 Å². The van der Waals surface area contributed by atoms with Crippen molar-refractivity contribution in [3.8, 4) is 0 Å². The Kier molecular flexibility index (Phi) is 6.63. The summed E-state index contributed by atoms with van der Waals surface area (Å²) >= 11 is 8.12. The summed E-state index contributed by atoms with van der Waals surface area (Å²) in [6.07, 6.45) is 0. The average Bonchev–Trinajstić information content (AvgIpc) is 3.36. The molecule has 2 fully saturated rings. The summed E-state index contributed by atoms with van der Waals surface area (Å²) in [4.78, 5) is 56.8. The number of aromatic nitrogens is 1. The van der Waals surface area contributed by atoms with Crippen LogP contribution in [0.1, 0.15) is 16.4 Å². The second kappa shape index (κ2) is 9.96. The van der Waals surface area contributed by atoms with Crippen molar-refractivity contribution in [1.82, 2.24) is 9.47 Å². The summed E-state index contributed by atoms with van der Waals surface area (Å²) in [5, 5.41) is 0.149. The Labute approximate surface area is 229 Å². The van der Waals surface area contributed by atoms with Crippen LogP contribution in [0.2, 0.25) is 5.02 Å². The lowest BCUT2D eigenvalue weighted by molar-refractivity contribution is -0.136. The normalized spacial score (nSPS) is 22.9. The lowest BCUT2D eigenvalue weighted by atomic mass is 9.83. The van der Waals surface area contributed by atoms with Gasteiger partial charge in [-0.05, 0) is 42.0 Å². The Morgan fingerprint density at radius 2 is 1.68 bits per heavy atom. The molecule has 3 aliphatic heterocycles. The number of fused-ring (bicyclic) bond motifs is 2. The average molecular weight is 574 g/mol. The lowest BCUT2D eigenvalue weighted by Gasteiger charge is -2.31. The molecule has 2 aromatic carbocycles. The smallest absolute Gasteiger partial charge is 0.308 e. The van der Waals surface area contributed by atoms with Gasteiger partial charge in [0.05, 0.1) is 29.8 Å². The third kappa shape index (κ3) is 4.27. The number of amides is 3. The third-order valence-corrected chi connectivity index (χ3v) is 9.88. The number of ether oxygens (including phenoxy) is 1. The number of carbonyl (C=O) groups is 3. The molecule has 12 heteroatoms. The summed E-state index contributed by atoms with van der Waals surface area (Å²) in [5.41, 5.74) is 1.02. The molecular weight excluding hydrogens is 553 g/mol. The fourth-order valence-electron chi connectivity index (χ4n) is 5.18. The molecule has 1 aromatic heterocycles. The second-order valence-corrected chi connectivity index (χ2v) is 11.8. The molecule has 6 rings (SSSR count). The maximum atomic E-state index is 13.8. The van der Waals surface area contributed by atoms with Gasteiger partial charge >= 0.3 is 4.87 Å². The number of benzene rings is 2. The molecule has 8 nitrogen and oxygen atoms in total. The maximum Gasteiger partial charge on any atom is 0.308 e. The van der Waals surface area contributed by atoms with Crippen molar-refractivity contribution in [2.75, 3.05) is 31.2 Å². The quantitative estimate of drug-likeness (QED) is 0.445. The Balaban J connectivity index is 1.43. The van der Waals surface area contributed by atoms with E-state index in [0.717, 1.165) is 28.0 Å². The second-order valence-electron chi connectivity index (χ2n) is 9.20. The van der Waals surface area contributed by atoms with E-state index in [1.54, 1.807) is 41.3 Å². The minimum absolute atomic E-state index is 0.172. The first kappa shape index (κ1) is 25.3. The van der Waals surface area contributed by atoms with Gasteiger partial charge in [-0.1, -0.05) is 46.8 Å². The van der Waals surface area contributed by atoms with E-state index in [-0.39, 0.29) is 17.3 Å². The number of carbonyl (C=O) groups excluding carboxylic acids is 3. The van der Waals surface area contributed by atoms with E-state index < -0.39 is 34.7 Å². The highest BCUT2D eigenvalue weighted by atomic mass is 35.5. The number of thiazole rings is 1. The van der Waals surface area contributed by atoms with Crippen molar-refractivity contribution < 1.29 is 23.5 Å². The van der Waals surface area contributed by atoms with Crippen molar-refractivity contribution in [3.63, 3.8) is 0 Å². The van der Waals surface area contributed by atoms with Crippen LogP contribution in [-0.4, -0.2) is 58.7 Å². The molecule has 0 saturated carbocycles. The van der Waals surface area contributed by atoms with Gasteiger partial charge in [-0.15, -0.1) is 0 Å². The third-order valence-electron chi connectivity index (χ3n) is 7.02. The highest BCUT2D eigenvalue weighted by Crippen LogP contribution is 2.53. The van der Waals surface area contributed by atoms with Crippen LogP contribution in [-0.2, 0) is 25.7 Å². The van der Waals surface area contributed by atoms with Crippen molar-refractivity contribution in [2.24, 2.45) is 5.92 Å². The van der Waals surface area contributed by atoms with E-state index in [0.29, 0.717) is 52.5 Å². The molecule has 3 amide bonds. The summed E-state index contributed by atoms with van der Waals surface area (Å²) in [7, 11) is 0. The predicted molar refractivity (Wildman–Crippen MR) is 141 cm³/mol. The number of hydrogen-bond donors (Lipinski definition) is 0. The summed E-state index contributed by atoms with van der Waals surface area (Å²) in [6.45, 7) is 1.58. The van der Waals surface area contributed by atoms with Crippen LogP contribution in [0.3, 0.4) is 0 Å². The van der Waals surface area contributed by atoms with Crippen LogP contribution in [0.5, 0.6) is 0 Å². The highest BCUT2D eigenvalue weighted by Gasteiger charge is 2.56. The molecule has 2 saturated heterocycles. The van der Waals surface area contributed by atoms with Crippen LogP contribution in [0, 0.1) is 11.7 Å². The first-order valence-electron chi connectivity index (χ1n) is 12.0. The van der Waals surface area contributed by atoms with Crippen LogP contribution in [0.4, 0.5) is 10.1 Å². The van der Waals surface area contributed by atoms with Gasteiger partial charge in [0.15, 0.2) is 0 Å². The molecule has 0 spiro atoms. The topological polar surface area (TPSA) is 88.9 Å². The fourth-order valence-corrected chi connectivity index (χ4v) is 8.08. The lowest BCUT2D eigenvalue weighted by Crippen LogP contribution is -2.43. The molecule has 3 atom stereocenters. The number of hydrogen-bond acceptors (Lipinski definition) is 7. The molecule has 3 aromatic rings. The van der Waals surface area contributed by atoms with Crippen molar-refractivity contribution in [3.05, 3.63) is 79.5 Å². The summed E-state index contributed by atoms with van der Waals surface area (Å²) < 4.78 is 20.5. The molecule has 38 heavy (non-hydrogen) atoms.